The van der Waals surface area contributed by atoms with Crippen LogP contribution in [-0.4, -0.2) is 61.3 Å². The van der Waals surface area contributed by atoms with Crippen LogP contribution in [0.4, 0.5) is 11.8 Å². The number of nitrogens with zero attached hydrogens (tertiary/aromatic N) is 3. The van der Waals surface area contributed by atoms with E-state index in [2.05, 4.69) is 25.5 Å². The van der Waals surface area contributed by atoms with E-state index in [0.29, 0.717) is 5.95 Å². The molecular weight excluding hydrogens is 266 g/mol. The summed E-state index contributed by atoms with van der Waals surface area (Å²) < 4.78 is 5.36. The minimum Gasteiger partial charge on any atom is -0.379 e. The molecule has 1 fully saturated rings. The minimum atomic E-state index is 0.641. The zero-order valence-electron chi connectivity index (χ0n) is 12.3. The molecule has 0 atom stereocenters. The summed E-state index contributed by atoms with van der Waals surface area (Å²) in [5.74, 6) is 1.53. The van der Waals surface area contributed by atoms with Gasteiger partial charge < -0.3 is 15.4 Å². The lowest BCUT2D eigenvalue weighted by atomic mass is 10.2. The molecule has 0 amide bonds. The number of para-hydroxylation sites is 1. The number of aromatic nitrogens is 2. The highest BCUT2D eigenvalue weighted by molar-refractivity contribution is 5.89. The van der Waals surface area contributed by atoms with E-state index in [1.54, 1.807) is 0 Å². The predicted molar refractivity (Wildman–Crippen MR) is 84.8 cm³/mol. The van der Waals surface area contributed by atoms with Crippen LogP contribution in [-0.2, 0) is 4.74 Å². The molecule has 0 bridgehead atoms. The molecular formula is C15H21N5O. The van der Waals surface area contributed by atoms with Crippen molar-refractivity contribution in [2.75, 3.05) is 57.1 Å². The van der Waals surface area contributed by atoms with Crippen molar-refractivity contribution >= 4 is 22.7 Å². The van der Waals surface area contributed by atoms with Gasteiger partial charge in [-0.15, -0.1) is 0 Å². The zero-order chi connectivity index (χ0) is 14.5. The Kier molecular flexibility index (Phi) is 4.47. The molecule has 0 radical (unpaired) electrons. The van der Waals surface area contributed by atoms with Crippen LogP contribution in [0.15, 0.2) is 24.3 Å². The van der Waals surface area contributed by atoms with Crippen molar-refractivity contribution in [1.82, 2.24) is 14.9 Å². The second-order valence-corrected chi connectivity index (χ2v) is 5.04. The third-order valence-electron chi connectivity index (χ3n) is 3.65. The van der Waals surface area contributed by atoms with Gasteiger partial charge in [-0.2, -0.15) is 4.98 Å². The van der Waals surface area contributed by atoms with Gasteiger partial charge >= 0.3 is 0 Å². The number of fused-ring (bicyclic) bond motifs is 1. The number of rotatable bonds is 5. The molecule has 2 heterocycles. The molecule has 0 saturated carbocycles. The Morgan fingerprint density at radius 2 is 2.00 bits per heavy atom. The molecule has 0 unspecified atom stereocenters. The normalized spacial score (nSPS) is 16.0. The van der Waals surface area contributed by atoms with Crippen molar-refractivity contribution in [3.63, 3.8) is 0 Å². The van der Waals surface area contributed by atoms with Crippen molar-refractivity contribution in [3.05, 3.63) is 24.3 Å². The summed E-state index contributed by atoms with van der Waals surface area (Å²) in [5, 5.41) is 7.50. The first kappa shape index (κ1) is 14.0. The molecule has 6 nitrogen and oxygen atoms in total. The fourth-order valence-electron chi connectivity index (χ4n) is 2.48. The number of ether oxygens (including phenoxy) is 1. The third kappa shape index (κ3) is 3.40. The largest absolute Gasteiger partial charge is 0.379 e. The fourth-order valence-corrected chi connectivity index (χ4v) is 2.48. The van der Waals surface area contributed by atoms with Crippen LogP contribution in [0.5, 0.6) is 0 Å². The molecule has 1 aliphatic heterocycles. The molecule has 112 valence electrons. The van der Waals surface area contributed by atoms with Crippen molar-refractivity contribution in [3.8, 4) is 0 Å². The van der Waals surface area contributed by atoms with Gasteiger partial charge in [0.1, 0.15) is 5.82 Å². The van der Waals surface area contributed by atoms with E-state index >= 15 is 0 Å². The van der Waals surface area contributed by atoms with Crippen LogP contribution < -0.4 is 10.6 Å². The van der Waals surface area contributed by atoms with Crippen molar-refractivity contribution in [2.45, 2.75) is 0 Å². The second kappa shape index (κ2) is 6.69. The standard InChI is InChI=1S/C15H21N5O/c1-16-15-18-13-5-3-2-4-12(13)14(19-15)17-6-7-20-8-10-21-11-9-20/h2-5H,6-11H2,1H3,(H2,16,17,18,19). The summed E-state index contributed by atoms with van der Waals surface area (Å²) >= 11 is 0. The molecule has 6 heteroatoms. The van der Waals surface area contributed by atoms with Gasteiger partial charge in [0.25, 0.3) is 0 Å². The highest BCUT2D eigenvalue weighted by Crippen LogP contribution is 2.21. The quantitative estimate of drug-likeness (QED) is 0.867. The second-order valence-electron chi connectivity index (χ2n) is 5.04. The summed E-state index contributed by atoms with van der Waals surface area (Å²) in [4.78, 5) is 11.4. The highest BCUT2D eigenvalue weighted by Gasteiger charge is 2.10. The first-order valence-corrected chi connectivity index (χ1v) is 7.35. The maximum Gasteiger partial charge on any atom is 0.224 e. The van der Waals surface area contributed by atoms with Crippen LogP contribution in [0.2, 0.25) is 0 Å². The van der Waals surface area contributed by atoms with Gasteiger partial charge in [0.15, 0.2) is 0 Å². The number of hydrogen-bond acceptors (Lipinski definition) is 6. The number of nitrogens with one attached hydrogen (secondary N) is 2. The van der Waals surface area contributed by atoms with Gasteiger partial charge in [0, 0.05) is 38.6 Å². The summed E-state index contributed by atoms with van der Waals surface area (Å²) in [6.07, 6.45) is 0. The smallest absolute Gasteiger partial charge is 0.224 e. The first-order valence-electron chi connectivity index (χ1n) is 7.35. The molecule has 0 aliphatic carbocycles. The van der Waals surface area contributed by atoms with E-state index in [-0.39, 0.29) is 0 Å². The molecule has 2 N–H and O–H groups in total. The lowest BCUT2D eigenvalue weighted by Gasteiger charge is -2.26. The van der Waals surface area contributed by atoms with Gasteiger partial charge in [-0.3, -0.25) is 4.90 Å². The van der Waals surface area contributed by atoms with E-state index in [4.69, 9.17) is 4.74 Å². The van der Waals surface area contributed by atoms with E-state index in [1.807, 2.05) is 31.3 Å². The average Bonchev–Trinajstić information content (AvgIpc) is 2.55. The average molecular weight is 287 g/mol. The van der Waals surface area contributed by atoms with Crippen LogP contribution in [0.1, 0.15) is 0 Å². The third-order valence-corrected chi connectivity index (χ3v) is 3.65. The van der Waals surface area contributed by atoms with Crippen LogP contribution in [0.3, 0.4) is 0 Å². The fraction of sp³-hybridized carbons (Fsp3) is 0.467. The van der Waals surface area contributed by atoms with Gasteiger partial charge in [0.05, 0.1) is 18.7 Å². The summed E-state index contributed by atoms with van der Waals surface area (Å²) in [6.45, 7) is 5.54. The van der Waals surface area contributed by atoms with E-state index in [0.717, 1.165) is 56.1 Å². The van der Waals surface area contributed by atoms with Gasteiger partial charge in [-0.25, -0.2) is 4.98 Å². The number of benzene rings is 1. The molecule has 3 rings (SSSR count). The Hall–Kier alpha value is -1.92. The number of hydrogen-bond donors (Lipinski definition) is 2. The maximum atomic E-state index is 5.36. The lowest BCUT2D eigenvalue weighted by Crippen LogP contribution is -2.39. The molecule has 1 aromatic heterocycles. The van der Waals surface area contributed by atoms with E-state index in [9.17, 15) is 0 Å². The highest BCUT2D eigenvalue weighted by atomic mass is 16.5. The maximum absolute atomic E-state index is 5.36. The number of morpholine rings is 1. The predicted octanol–water partition coefficient (Wildman–Crippen LogP) is 1.42. The van der Waals surface area contributed by atoms with E-state index < -0.39 is 0 Å². The Balaban J connectivity index is 1.70. The Bertz CT molecular complexity index is 598. The summed E-state index contributed by atoms with van der Waals surface area (Å²) in [7, 11) is 1.83. The minimum absolute atomic E-state index is 0.641. The van der Waals surface area contributed by atoms with Gasteiger partial charge in [-0.05, 0) is 12.1 Å². The Morgan fingerprint density at radius 3 is 2.81 bits per heavy atom. The van der Waals surface area contributed by atoms with E-state index in [1.165, 1.54) is 0 Å². The number of anilines is 2. The van der Waals surface area contributed by atoms with Crippen molar-refractivity contribution in [1.29, 1.82) is 0 Å². The molecule has 1 aromatic carbocycles. The first-order chi connectivity index (χ1) is 10.4. The molecule has 1 saturated heterocycles. The SMILES string of the molecule is CNc1nc(NCCN2CCOCC2)c2ccccc2n1. The lowest BCUT2D eigenvalue weighted by molar-refractivity contribution is 0.0398. The van der Waals surface area contributed by atoms with Crippen LogP contribution >= 0.6 is 0 Å². The molecule has 21 heavy (non-hydrogen) atoms. The van der Waals surface area contributed by atoms with Gasteiger partial charge in [-0.1, -0.05) is 12.1 Å². The monoisotopic (exact) mass is 287 g/mol. The Morgan fingerprint density at radius 1 is 1.19 bits per heavy atom. The van der Waals surface area contributed by atoms with Crippen LogP contribution in [0, 0.1) is 0 Å². The van der Waals surface area contributed by atoms with Crippen molar-refractivity contribution in [2.24, 2.45) is 0 Å². The molecule has 2 aromatic rings. The molecule has 0 spiro atoms. The van der Waals surface area contributed by atoms with Crippen LogP contribution in [0.25, 0.3) is 10.9 Å². The Labute approximate surface area is 124 Å². The topological polar surface area (TPSA) is 62.3 Å². The zero-order valence-corrected chi connectivity index (χ0v) is 12.3. The molecule has 1 aliphatic rings. The summed E-state index contributed by atoms with van der Waals surface area (Å²) in [5.41, 5.74) is 0.950. The van der Waals surface area contributed by atoms with Crippen molar-refractivity contribution < 1.29 is 4.74 Å². The van der Waals surface area contributed by atoms with Gasteiger partial charge in [0.2, 0.25) is 5.95 Å². The summed E-state index contributed by atoms with van der Waals surface area (Å²) in [6, 6.07) is 8.06.